The van der Waals surface area contributed by atoms with E-state index in [4.69, 9.17) is 4.74 Å². The molecule has 3 rings (SSSR count). The molecule has 0 radical (unpaired) electrons. The third-order valence-electron chi connectivity index (χ3n) is 6.19. The Kier molecular flexibility index (Phi) is 8.45. The monoisotopic (exact) mass is 447 g/mol. The molecule has 2 heterocycles. The Bertz CT molecular complexity index is 1090. The van der Waals surface area contributed by atoms with Crippen molar-refractivity contribution >= 4 is 28.6 Å². The third-order valence-corrected chi connectivity index (χ3v) is 6.19. The predicted molar refractivity (Wildman–Crippen MR) is 133 cm³/mol. The van der Waals surface area contributed by atoms with Crippen LogP contribution in [0.25, 0.3) is 10.8 Å². The van der Waals surface area contributed by atoms with Gasteiger partial charge in [-0.25, -0.2) is 4.98 Å². The van der Waals surface area contributed by atoms with Gasteiger partial charge >= 0.3 is 0 Å². The smallest absolute Gasteiger partial charge is 0.148 e. The maximum atomic E-state index is 11.7. The minimum absolute atomic E-state index is 0.346. The Balaban J connectivity index is 2.01. The standard InChI is InChI=1S/C26H33N5O2/c1-5-31(22-7-10-33-11-8-22)25-14-20(15-27)13-24-23(25)6-9-29-26(24)30-16-21(17-32)18(2)12-19(3)28-4/h6,9,12-14,17,22,28H,5,7-8,10-11,16H2,1-4H3,(H,29,30)/b19-12-,21-18-. The summed E-state index contributed by atoms with van der Waals surface area (Å²) in [6, 6.07) is 8.52. The number of ether oxygens (including phenoxy) is 1. The topological polar surface area (TPSA) is 90.3 Å². The molecule has 0 spiro atoms. The number of carbonyl (C=O) groups is 1. The van der Waals surface area contributed by atoms with Crippen molar-refractivity contribution in [2.24, 2.45) is 0 Å². The summed E-state index contributed by atoms with van der Waals surface area (Å²) >= 11 is 0. The first-order chi connectivity index (χ1) is 16.0. The minimum atomic E-state index is 0.346. The van der Waals surface area contributed by atoms with Crippen LogP contribution in [-0.4, -0.2) is 50.7 Å². The van der Waals surface area contributed by atoms with Crippen molar-refractivity contribution < 1.29 is 9.53 Å². The molecule has 0 aliphatic carbocycles. The fourth-order valence-electron chi connectivity index (χ4n) is 4.27. The second-order valence-corrected chi connectivity index (χ2v) is 8.25. The van der Waals surface area contributed by atoms with Gasteiger partial charge in [0.15, 0.2) is 0 Å². The first-order valence-corrected chi connectivity index (χ1v) is 11.4. The number of hydrogen-bond acceptors (Lipinski definition) is 7. The number of benzene rings is 1. The van der Waals surface area contributed by atoms with Gasteiger partial charge in [-0.05, 0) is 63.5 Å². The summed E-state index contributed by atoms with van der Waals surface area (Å²) in [7, 11) is 1.85. The van der Waals surface area contributed by atoms with E-state index in [9.17, 15) is 10.1 Å². The fraction of sp³-hybridized carbons (Fsp3) is 0.423. The van der Waals surface area contributed by atoms with E-state index in [0.29, 0.717) is 29.5 Å². The van der Waals surface area contributed by atoms with Crippen molar-refractivity contribution in [3.8, 4) is 6.07 Å². The van der Waals surface area contributed by atoms with Gasteiger partial charge in [-0.2, -0.15) is 5.26 Å². The van der Waals surface area contributed by atoms with Gasteiger partial charge in [-0.3, -0.25) is 4.79 Å². The zero-order chi connectivity index (χ0) is 23.8. The van der Waals surface area contributed by atoms with Gasteiger partial charge in [0.2, 0.25) is 0 Å². The van der Waals surface area contributed by atoms with Crippen LogP contribution < -0.4 is 15.5 Å². The Hall–Kier alpha value is -3.37. The number of allylic oxidation sites excluding steroid dienone is 3. The van der Waals surface area contributed by atoms with E-state index in [-0.39, 0.29) is 0 Å². The number of rotatable bonds is 9. The number of pyridine rings is 1. The number of nitrogens with one attached hydrogen (secondary N) is 2. The van der Waals surface area contributed by atoms with Crippen LogP contribution in [0.15, 0.2) is 47.3 Å². The van der Waals surface area contributed by atoms with Crippen molar-refractivity contribution in [3.05, 3.63) is 52.9 Å². The minimum Gasteiger partial charge on any atom is -0.392 e. The van der Waals surface area contributed by atoms with Gasteiger partial charge in [0.25, 0.3) is 0 Å². The predicted octanol–water partition coefficient (Wildman–Crippen LogP) is 4.16. The van der Waals surface area contributed by atoms with Crippen molar-refractivity contribution in [3.63, 3.8) is 0 Å². The number of hydrogen-bond donors (Lipinski definition) is 2. The van der Waals surface area contributed by atoms with E-state index in [1.165, 1.54) is 0 Å². The molecule has 7 heteroatoms. The Morgan fingerprint density at radius 1 is 1.30 bits per heavy atom. The normalized spacial score (nSPS) is 15.5. The molecule has 33 heavy (non-hydrogen) atoms. The first-order valence-electron chi connectivity index (χ1n) is 11.4. The number of fused-ring (bicyclic) bond motifs is 1. The summed E-state index contributed by atoms with van der Waals surface area (Å²) in [5.41, 5.74) is 4.15. The second-order valence-electron chi connectivity index (χ2n) is 8.25. The average Bonchev–Trinajstić information content (AvgIpc) is 2.85. The van der Waals surface area contributed by atoms with Gasteiger partial charge in [0.05, 0.1) is 11.6 Å². The van der Waals surface area contributed by atoms with E-state index >= 15 is 0 Å². The highest BCUT2D eigenvalue weighted by Crippen LogP contribution is 2.34. The Labute approximate surface area is 196 Å². The molecular formula is C26H33N5O2. The zero-order valence-electron chi connectivity index (χ0n) is 19.9. The fourth-order valence-corrected chi connectivity index (χ4v) is 4.27. The molecule has 1 aromatic carbocycles. The molecule has 2 aromatic rings. The number of aromatic nitrogens is 1. The van der Waals surface area contributed by atoms with Crippen LogP contribution in [-0.2, 0) is 9.53 Å². The van der Waals surface area contributed by atoms with Crippen molar-refractivity contribution in [2.45, 2.75) is 39.7 Å². The van der Waals surface area contributed by atoms with Crippen molar-refractivity contribution in [1.82, 2.24) is 10.3 Å². The van der Waals surface area contributed by atoms with Crippen molar-refractivity contribution in [1.29, 1.82) is 5.26 Å². The largest absolute Gasteiger partial charge is 0.392 e. The summed E-state index contributed by atoms with van der Waals surface area (Å²) < 4.78 is 5.56. The van der Waals surface area contributed by atoms with Crippen LogP contribution >= 0.6 is 0 Å². The summed E-state index contributed by atoms with van der Waals surface area (Å²) in [5.74, 6) is 0.662. The highest BCUT2D eigenvalue weighted by molar-refractivity contribution is 6.01. The average molecular weight is 448 g/mol. The molecule has 1 aromatic heterocycles. The number of anilines is 2. The van der Waals surface area contributed by atoms with Gasteiger partial charge < -0.3 is 20.3 Å². The van der Waals surface area contributed by atoms with Gasteiger partial charge in [0.1, 0.15) is 12.1 Å². The number of aldehydes is 1. The quantitative estimate of drug-likeness (QED) is 0.339. The van der Waals surface area contributed by atoms with Gasteiger partial charge in [-0.1, -0.05) is 0 Å². The lowest BCUT2D eigenvalue weighted by Crippen LogP contribution is -2.39. The number of nitrogens with zero attached hydrogens (tertiary/aromatic N) is 3. The highest BCUT2D eigenvalue weighted by Gasteiger charge is 2.23. The molecule has 0 atom stereocenters. The molecule has 1 aliphatic rings. The molecule has 0 unspecified atom stereocenters. The molecule has 1 fully saturated rings. The van der Waals surface area contributed by atoms with Crippen LogP contribution in [0.3, 0.4) is 0 Å². The molecule has 1 aliphatic heterocycles. The van der Waals surface area contributed by atoms with Gasteiger partial charge in [-0.15, -0.1) is 0 Å². The van der Waals surface area contributed by atoms with E-state index in [1.807, 2.05) is 45.2 Å². The van der Waals surface area contributed by atoms with E-state index in [2.05, 4.69) is 33.5 Å². The molecule has 7 nitrogen and oxygen atoms in total. The molecule has 0 bridgehead atoms. The van der Waals surface area contributed by atoms with E-state index < -0.39 is 0 Å². The van der Waals surface area contributed by atoms with Crippen LogP contribution in [0.4, 0.5) is 11.5 Å². The molecular weight excluding hydrogens is 414 g/mol. The maximum absolute atomic E-state index is 11.7. The number of nitriles is 1. The molecule has 0 saturated carbocycles. The van der Waals surface area contributed by atoms with Crippen LogP contribution in [0.1, 0.15) is 39.2 Å². The summed E-state index contributed by atoms with van der Waals surface area (Å²) in [4.78, 5) is 18.6. The Morgan fingerprint density at radius 3 is 2.70 bits per heavy atom. The summed E-state index contributed by atoms with van der Waals surface area (Å²) in [6.45, 7) is 8.72. The molecule has 2 N–H and O–H groups in total. The zero-order valence-corrected chi connectivity index (χ0v) is 19.9. The summed E-state index contributed by atoms with van der Waals surface area (Å²) in [5, 5.41) is 18.0. The number of carbonyl (C=O) groups excluding carboxylic acids is 1. The lowest BCUT2D eigenvalue weighted by atomic mass is 10.0. The second kappa shape index (κ2) is 11.5. The van der Waals surface area contributed by atoms with Crippen LogP contribution in [0, 0.1) is 11.3 Å². The third kappa shape index (κ3) is 5.71. The van der Waals surface area contributed by atoms with E-state index in [1.54, 1.807) is 6.20 Å². The lowest BCUT2D eigenvalue weighted by Gasteiger charge is -2.36. The molecule has 1 saturated heterocycles. The van der Waals surface area contributed by atoms with Crippen LogP contribution in [0.5, 0.6) is 0 Å². The van der Waals surface area contributed by atoms with Gasteiger partial charge in [0, 0.05) is 73.3 Å². The first kappa shape index (κ1) is 24.3. The van der Waals surface area contributed by atoms with Crippen molar-refractivity contribution in [2.75, 3.05) is 43.6 Å². The molecule has 174 valence electrons. The highest BCUT2D eigenvalue weighted by atomic mass is 16.5. The van der Waals surface area contributed by atoms with Crippen LogP contribution in [0.2, 0.25) is 0 Å². The Morgan fingerprint density at radius 2 is 2.06 bits per heavy atom. The summed E-state index contributed by atoms with van der Waals surface area (Å²) in [6.07, 6.45) is 6.54. The SMILES string of the molecule is CCN(c1cc(C#N)cc2c(NC/C(C=O)=C(C)/C=C(/C)NC)nccc12)C1CCOCC1. The lowest BCUT2D eigenvalue weighted by molar-refractivity contribution is -0.104. The molecule has 0 amide bonds. The van der Waals surface area contributed by atoms with E-state index in [0.717, 1.165) is 66.6 Å². The maximum Gasteiger partial charge on any atom is 0.148 e.